The van der Waals surface area contributed by atoms with E-state index < -0.39 is 23.7 Å². The lowest BCUT2D eigenvalue weighted by Crippen LogP contribution is -2.32. The summed E-state index contributed by atoms with van der Waals surface area (Å²) >= 11 is 0. The van der Waals surface area contributed by atoms with Crippen molar-refractivity contribution in [1.29, 1.82) is 0 Å². The maximum Gasteiger partial charge on any atom is 0.336 e. The number of hydrogen-bond acceptors (Lipinski definition) is 6. The van der Waals surface area contributed by atoms with Gasteiger partial charge in [0.05, 0.1) is 5.56 Å². The van der Waals surface area contributed by atoms with Gasteiger partial charge >= 0.3 is 5.97 Å². The van der Waals surface area contributed by atoms with Gasteiger partial charge in [-0.2, -0.15) is 0 Å². The van der Waals surface area contributed by atoms with Gasteiger partial charge in [0, 0.05) is 41.4 Å². The van der Waals surface area contributed by atoms with Crippen molar-refractivity contribution in [3.05, 3.63) is 71.4 Å². The summed E-state index contributed by atoms with van der Waals surface area (Å²) in [5, 5.41) is 16.9. The summed E-state index contributed by atoms with van der Waals surface area (Å²) in [5.41, 5.74) is 6.28. The molecule has 1 aromatic heterocycles. The van der Waals surface area contributed by atoms with E-state index in [9.17, 15) is 24.3 Å². The van der Waals surface area contributed by atoms with E-state index in [1.54, 1.807) is 30.5 Å². The number of nitrogens with zero attached hydrogens (tertiary/aromatic N) is 2. The first kappa shape index (κ1) is 26.2. The smallest absolute Gasteiger partial charge is 0.336 e. The molecule has 0 bridgehead atoms. The molecule has 2 aromatic carbocycles. The van der Waals surface area contributed by atoms with Crippen LogP contribution >= 0.6 is 0 Å². The lowest BCUT2D eigenvalue weighted by molar-refractivity contribution is -0.117. The minimum absolute atomic E-state index is 0.0960. The third-order valence-corrected chi connectivity index (χ3v) is 5.82. The number of rotatable bonds is 6. The molecule has 0 saturated carbocycles. The number of anilines is 2. The molecule has 1 aliphatic rings. The number of aromatic carboxylic acids is 1. The zero-order valence-corrected chi connectivity index (χ0v) is 21.2. The maximum absolute atomic E-state index is 13.3. The fourth-order valence-electron chi connectivity index (χ4n) is 3.94. The number of pyridine rings is 1. The molecule has 0 radical (unpaired) electrons. The zero-order chi connectivity index (χ0) is 27.6. The molecule has 194 valence electrons. The number of benzene rings is 2. The first-order valence-corrected chi connectivity index (χ1v) is 11.9. The van der Waals surface area contributed by atoms with Gasteiger partial charge in [-0.1, -0.05) is 32.9 Å². The van der Waals surface area contributed by atoms with E-state index >= 15 is 0 Å². The molecule has 0 unspecified atom stereocenters. The minimum Gasteiger partial charge on any atom is -0.478 e. The maximum atomic E-state index is 13.3. The molecule has 0 atom stereocenters. The minimum atomic E-state index is -1.29. The second-order valence-corrected chi connectivity index (χ2v) is 10.1. The molecule has 3 aromatic rings. The Hall–Kier alpha value is -4.86. The van der Waals surface area contributed by atoms with Gasteiger partial charge in [0.25, 0.3) is 11.8 Å². The van der Waals surface area contributed by atoms with Crippen molar-refractivity contribution in [2.75, 3.05) is 17.6 Å². The van der Waals surface area contributed by atoms with Crippen molar-refractivity contribution in [2.45, 2.75) is 27.2 Å². The first-order chi connectivity index (χ1) is 17.9. The number of carbonyl (C=O) groups excluding carboxylic acids is 3. The van der Waals surface area contributed by atoms with Gasteiger partial charge in [0.15, 0.2) is 0 Å². The highest BCUT2D eigenvalue weighted by Crippen LogP contribution is 2.28. The Morgan fingerprint density at radius 3 is 2.53 bits per heavy atom. The van der Waals surface area contributed by atoms with Crippen molar-refractivity contribution in [3.63, 3.8) is 0 Å². The number of carboxylic acids is 1. The van der Waals surface area contributed by atoms with Crippen LogP contribution in [0.1, 0.15) is 53.5 Å². The van der Waals surface area contributed by atoms with Crippen LogP contribution in [0.5, 0.6) is 0 Å². The van der Waals surface area contributed by atoms with Crippen molar-refractivity contribution in [2.24, 2.45) is 10.4 Å². The fourth-order valence-corrected chi connectivity index (χ4v) is 3.94. The number of aliphatic imine (C=N–C) groups is 1. The summed E-state index contributed by atoms with van der Waals surface area (Å²) in [4.78, 5) is 58.1. The number of hydrogen-bond donors (Lipinski definition) is 4. The number of nitrogen functional groups attached to an aromatic ring is 1. The number of nitrogens with two attached hydrogens (primary N) is 1. The number of nitrogens with one attached hydrogen (secondary N) is 2. The summed E-state index contributed by atoms with van der Waals surface area (Å²) < 4.78 is 0. The van der Waals surface area contributed by atoms with Gasteiger partial charge < -0.3 is 21.5 Å². The van der Waals surface area contributed by atoms with Crippen LogP contribution in [0.25, 0.3) is 16.3 Å². The molecule has 5 N–H and O–H groups in total. The highest BCUT2D eigenvalue weighted by molar-refractivity contribution is 6.60. The van der Waals surface area contributed by atoms with E-state index in [1.807, 2.05) is 20.8 Å². The summed E-state index contributed by atoms with van der Waals surface area (Å²) in [6, 6.07) is 11.0. The van der Waals surface area contributed by atoms with Crippen molar-refractivity contribution >= 4 is 57.3 Å². The van der Waals surface area contributed by atoms with Crippen molar-refractivity contribution in [3.8, 4) is 0 Å². The molecule has 10 nitrogen and oxygen atoms in total. The van der Waals surface area contributed by atoms with Gasteiger partial charge in [-0.25, -0.2) is 14.8 Å². The normalized spacial score (nSPS) is 13.5. The van der Waals surface area contributed by atoms with Crippen LogP contribution < -0.4 is 16.4 Å². The highest BCUT2D eigenvalue weighted by atomic mass is 16.4. The number of amides is 3. The molecule has 0 spiro atoms. The molecule has 0 fully saturated rings. The van der Waals surface area contributed by atoms with E-state index in [0.717, 1.165) is 5.39 Å². The SMILES string of the molecule is CC(C)(C)CNC(=O)c1ccc(C2=CCC(=O)N=C2C(=O)Nc2ccc3c(N)nccc3c2)c(C(=O)O)c1. The quantitative estimate of drug-likeness (QED) is 0.390. The van der Waals surface area contributed by atoms with Crippen LogP contribution in [-0.2, 0) is 9.59 Å². The Morgan fingerprint density at radius 2 is 1.82 bits per heavy atom. The van der Waals surface area contributed by atoms with E-state index in [0.29, 0.717) is 23.4 Å². The topological polar surface area (TPSA) is 164 Å². The van der Waals surface area contributed by atoms with Gasteiger partial charge in [-0.05, 0) is 52.8 Å². The van der Waals surface area contributed by atoms with Crippen LogP contribution in [0.4, 0.5) is 11.5 Å². The second-order valence-electron chi connectivity index (χ2n) is 10.1. The van der Waals surface area contributed by atoms with Crippen molar-refractivity contribution < 1.29 is 24.3 Å². The molecule has 10 heteroatoms. The summed E-state index contributed by atoms with van der Waals surface area (Å²) in [6.45, 7) is 6.29. The van der Waals surface area contributed by atoms with E-state index in [1.165, 1.54) is 24.3 Å². The lowest BCUT2D eigenvalue weighted by atomic mass is 9.91. The second kappa shape index (κ2) is 10.3. The van der Waals surface area contributed by atoms with Crippen LogP contribution in [0.3, 0.4) is 0 Å². The summed E-state index contributed by atoms with van der Waals surface area (Å²) in [5.74, 6) is -2.57. The third kappa shape index (κ3) is 5.75. The predicted octanol–water partition coefficient (Wildman–Crippen LogP) is 3.68. The molecule has 38 heavy (non-hydrogen) atoms. The molecule has 0 saturated heterocycles. The molecule has 4 rings (SSSR count). The van der Waals surface area contributed by atoms with E-state index in [4.69, 9.17) is 5.73 Å². The number of carboxylic acid groups (broad SMARTS) is 1. The predicted molar refractivity (Wildman–Crippen MR) is 145 cm³/mol. The molecular weight excluding hydrogens is 486 g/mol. The number of dihydropyridines is 1. The molecule has 3 amide bonds. The lowest BCUT2D eigenvalue weighted by Gasteiger charge is -2.19. The fraction of sp³-hybridized carbons (Fsp3) is 0.214. The Bertz CT molecular complexity index is 1550. The monoisotopic (exact) mass is 513 g/mol. The zero-order valence-electron chi connectivity index (χ0n) is 21.2. The Kier molecular flexibility index (Phi) is 7.07. The van der Waals surface area contributed by atoms with Crippen LogP contribution in [0, 0.1) is 5.41 Å². The Balaban J connectivity index is 1.65. The molecular formula is C28H27N5O5. The van der Waals surface area contributed by atoms with Gasteiger partial charge in [-0.3, -0.25) is 14.4 Å². The van der Waals surface area contributed by atoms with E-state index in [2.05, 4.69) is 20.6 Å². The summed E-state index contributed by atoms with van der Waals surface area (Å²) in [7, 11) is 0. The summed E-state index contributed by atoms with van der Waals surface area (Å²) in [6.07, 6.45) is 2.92. The molecule has 2 heterocycles. The van der Waals surface area contributed by atoms with Gasteiger partial charge in [-0.15, -0.1) is 0 Å². The largest absolute Gasteiger partial charge is 0.478 e. The Morgan fingerprint density at radius 1 is 1.05 bits per heavy atom. The van der Waals surface area contributed by atoms with E-state index in [-0.39, 0.29) is 39.8 Å². The standard InChI is InChI=1S/C28H27N5O5/c1-28(2,3)14-31-25(35)16-4-6-19(21(13-16)27(37)38)20-8-9-22(34)33-23(20)26(36)32-17-5-7-18-15(12-17)10-11-30-24(18)29/h4-8,10-13H,9,14H2,1-3H3,(H2,29,30)(H,31,35)(H,32,36)(H,37,38). The van der Waals surface area contributed by atoms with Gasteiger partial charge in [0.2, 0.25) is 5.91 Å². The number of aromatic nitrogens is 1. The van der Waals surface area contributed by atoms with Crippen LogP contribution in [0.2, 0.25) is 0 Å². The first-order valence-electron chi connectivity index (χ1n) is 11.9. The average molecular weight is 514 g/mol. The third-order valence-electron chi connectivity index (χ3n) is 5.82. The molecule has 0 aliphatic carbocycles. The van der Waals surface area contributed by atoms with Crippen LogP contribution in [-0.4, -0.2) is 46.0 Å². The number of carbonyl (C=O) groups is 4. The van der Waals surface area contributed by atoms with Crippen LogP contribution in [0.15, 0.2) is 59.7 Å². The van der Waals surface area contributed by atoms with Crippen molar-refractivity contribution in [1.82, 2.24) is 10.3 Å². The highest BCUT2D eigenvalue weighted by Gasteiger charge is 2.27. The molecule has 1 aliphatic heterocycles. The number of fused-ring (bicyclic) bond motifs is 1. The Labute approximate surface area is 218 Å². The van der Waals surface area contributed by atoms with Gasteiger partial charge in [0.1, 0.15) is 11.5 Å². The average Bonchev–Trinajstić information content (AvgIpc) is 2.86.